The molecule has 2 N–H and O–H groups in total. The van der Waals surface area contributed by atoms with Gasteiger partial charge >= 0.3 is 5.97 Å². The van der Waals surface area contributed by atoms with E-state index >= 15 is 0 Å². The van der Waals surface area contributed by atoms with Crippen LogP contribution in [0.15, 0.2) is 42.5 Å². The molecule has 0 aliphatic rings. The van der Waals surface area contributed by atoms with Gasteiger partial charge in [0.05, 0.1) is 17.8 Å². The number of hydrogen-bond donors (Lipinski definition) is 2. The maximum Gasteiger partial charge on any atom is 0.338 e. The number of ether oxygens (including phenoxy) is 1. The van der Waals surface area contributed by atoms with Gasteiger partial charge in [0.25, 0.3) is 5.91 Å². The number of benzene rings is 2. The molecule has 0 saturated carbocycles. The fraction of sp³-hybridized carbons (Fsp3) is 0.167. The number of halogens is 3. The second-order valence-electron chi connectivity index (χ2n) is 5.40. The molecule has 0 aliphatic heterocycles. The van der Waals surface area contributed by atoms with Crippen molar-refractivity contribution in [1.29, 1.82) is 0 Å². The van der Waals surface area contributed by atoms with Gasteiger partial charge in [0.2, 0.25) is 5.91 Å². The first-order valence-electron chi connectivity index (χ1n) is 7.76. The number of esters is 1. The molecule has 2 rings (SSSR count). The molecule has 2 amide bonds. The Morgan fingerprint density at radius 2 is 1.67 bits per heavy atom. The smallest absolute Gasteiger partial charge is 0.338 e. The van der Waals surface area contributed by atoms with Crippen molar-refractivity contribution in [2.45, 2.75) is 13.0 Å². The van der Waals surface area contributed by atoms with Crippen LogP contribution >= 0.6 is 0 Å². The molecule has 0 radical (unpaired) electrons. The molecule has 1 unspecified atom stereocenters. The van der Waals surface area contributed by atoms with E-state index in [9.17, 15) is 27.6 Å². The van der Waals surface area contributed by atoms with Crippen LogP contribution in [0, 0.1) is 17.5 Å². The molecule has 2 aromatic carbocycles. The molecule has 9 heteroatoms. The van der Waals surface area contributed by atoms with E-state index in [0.717, 1.165) is 6.07 Å². The van der Waals surface area contributed by atoms with Gasteiger partial charge < -0.3 is 15.4 Å². The van der Waals surface area contributed by atoms with Crippen LogP contribution in [-0.4, -0.2) is 30.4 Å². The third kappa shape index (κ3) is 5.30. The molecule has 0 saturated heterocycles. The van der Waals surface area contributed by atoms with Crippen molar-refractivity contribution in [1.82, 2.24) is 5.32 Å². The van der Waals surface area contributed by atoms with E-state index in [4.69, 9.17) is 4.74 Å². The lowest BCUT2D eigenvalue weighted by Crippen LogP contribution is -2.40. The molecule has 1 atom stereocenters. The Balaban J connectivity index is 1.85. The molecule has 0 aromatic heterocycles. The van der Waals surface area contributed by atoms with Gasteiger partial charge in [0.15, 0.2) is 23.6 Å². The molecule has 0 aliphatic carbocycles. The van der Waals surface area contributed by atoms with Gasteiger partial charge in [-0.2, -0.15) is 0 Å². The van der Waals surface area contributed by atoms with Gasteiger partial charge in [-0.15, -0.1) is 0 Å². The molecule has 0 fully saturated rings. The topological polar surface area (TPSA) is 84.5 Å². The Kier molecular flexibility index (Phi) is 6.53. The van der Waals surface area contributed by atoms with Crippen molar-refractivity contribution < 1.29 is 32.3 Å². The molecule has 2 aromatic rings. The average Bonchev–Trinajstić information content (AvgIpc) is 2.67. The second kappa shape index (κ2) is 8.84. The first-order chi connectivity index (χ1) is 12.8. The lowest BCUT2D eigenvalue weighted by Gasteiger charge is -2.13. The van der Waals surface area contributed by atoms with E-state index in [1.165, 1.54) is 19.1 Å². The van der Waals surface area contributed by atoms with Crippen LogP contribution in [0.3, 0.4) is 0 Å². The molecule has 0 heterocycles. The van der Waals surface area contributed by atoms with Crippen molar-refractivity contribution in [2.75, 3.05) is 11.9 Å². The minimum absolute atomic E-state index is 0.253. The zero-order chi connectivity index (χ0) is 20.0. The Labute approximate surface area is 152 Å². The van der Waals surface area contributed by atoms with Gasteiger partial charge in [0, 0.05) is 0 Å². The highest BCUT2D eigenvalue weighted by Gasteiger charge is 2.20. The third-order valence-electron chi connectivity index (χ3n) is 3.39. The van der Waals surface area contributed by atoms with E-state index in [-0.39, 0.29) is 5.56 Å². The Bertz CT molecular complexity index is 859. The number of carbonyl (C=O) groups is 3. The first-order valence-corrected chi connectivity index (χ1v) is 7.76. The van der Waals surface area contributed by atoms with Crippen LogP contribution in [0.5, 0.6) is 0 Å². The van der Waals surface area contributed by atoms with Crippen LogP contribution < -0.4 is 10.6 Å². The fourth-order valence-corrected chi connectivity index (χ4v) is 1.98. The van der Waals surface area contributed by atoms with E-state index in [0.29, 0.717) is 6.07 Å². The van der Waals surface area contributed by atoms with Crippen molar-refractivity contribution in [3.8, 4) is 0 Å². The zero-order valence-corrected chi connectivity index (χ0v) is 14.1. The lowest BCUT2D eigenvalue weighted by molar-refractivity contribution is -0.130. The standard InChI is InChI=1S/C18H15F3N2O4/c1-10(27-18(26)11-5-3-2-4-6-11)17(25)22-9-14(24)23-13-8-7-12(19)15(20)16(13)21/h2-8,10H,9H2,1H3,(H,22,25)(H,23,24). The highest BCUT2D eigenvalue weighted by atomic mass is 19.2. The van der Waals surface area contributed by atoms with Gasteiger partial charge in [-0.25, -0.2) is 18.0 Å². The van der Waals surface area contributed by atoms with Crippen LogP contribution in [0.25, 0.3) is 0 Å². The van der Waals surface area contributed by atoms with Gasteiger partial charge in [-0.3, -0.25) is 9.59 Å². The van der Waals surface area contributed by atoms with Crippen LogP contribution in [0.2, 0.25) is 0 Å². The van der Waals surface area contributed by atoms with Crippen LogP contribution in [-0.2, 0) is 14.3 Å². The van der Waals surface area contributed by atoms with E-state index in [2.05, 4.69) is 5.32 Å². The molecule has 27 heavy (non-hydrogen) atoms. The summed E-state index contributed by atoms with van der Waals surface area (Å²) in [5.41, 5.74) is -0.319. The maximum absolute atomic E-state index is 13.5. The number of nitrogens with one attached hydrogen (secondary N) is 2. The maximum atomic E-state index is 13.5. The summed E-state index contributed by atoms with van der Waals surface area (Å²) in [6, 6.07) is 9.48. The zero-order valence-electron chi connectivity index (χ0n) is 14.1. The van der Waals surface area contributed by atoms with Gasteiger partial charge in [-0.05, 0) is 31.2 Å². The van der Waals surface area contributed by atoms with Gasteiger partial charge in [0.1, 0.15) is 0 Å². The largest absolute Gasteiger partial charge is 0.449 e. The summed E-state index contributed by atoms with van der Waals surface area (Å²) in [5, 5.41) is 4.18. The van der Waals surface area contributed by atoms with Crippen molar-refractivity contribution in [3.63, 3.8) is 0 Å². The lowest BCUT2D eigenvalue weighted by atomic mass is 10.2. The second-order valence-corrected chi connectivity index (χ2v) is 5.40. The number of hydrogen-bond acceptors (Lipinski definition) is 4. The summed E-state index contributed by atoms with van der Waals surface area (Å²) in [5.74, 6) is -7.03. The number of carbonyl (C=O) groups excluding carboxylic acids is 3. The van der Waals surface area contributed by atoms with Crippen LogP contribution in [0.1, 0.15) is 17.3 Å². The Morgan fingerprint density at radius 3 is 2.33 bits per heavy atom. The molecule has 142 valence electrons. The molecular weight excluding hydrogens is 365 g/mol. The Hall–Kier alpha value is -3.36. The SMILES string of the molecule is CC(OC(=O)c1ccccc1)C(=O)NCC(=O)Nc1ccc(F)c(F)c1F. The minimum atomic E-state index is -1.72. The molecule has 0 bridgehead atoms. The summed E-state index contributed by atoms with van der Waals surface area (Å²) < 4.78 is 44.4. The fourth-order valence-electron chi connectivity index (χ4n) is 1.98. The monoisotopic (exact) mass is 380 g/mol. The third-order valence-corrected chi connectivity index (χ3v) is 3.39. The van der Waals surface area contributed by atoms with Crippen molar-refractivity contribution >= 4 is 23.5 Å². The molecule has 6 nitrogen and oxygen atoms in total. The van der Waals surface area contributed by atoms with E-state index in [1.807, 2.05) is 5.32 Å². The number of amides is 2. The number of anilines is 1. The normalized spacial score (nSPS) is 11.4. The van der Waals surface area contributed by atoms with Gasteiger partial charge in [-0.1, -0.05) is 18.2 Å². The van der Waals surface area contributed by atoms with E-state index < -0.39 is 53.6 Å². The Morgan fingerprint density at radius 1 is 1.00 bits per heavy atom. The highest BCUT2D eigenvalue weighted by Crippen LogP contribution is 2.19. The molecular formula is C18H15F3N2O4. The van der Waals surface area contributed by atoms with Crippen LogP contribution in [0.4, 0.5) is 18.9 Å². The predicted octanol–water partition coefficient (Wildman–Crippen LogP) is 2.40. The summed E-state index contributed by atoms with van der Waals surface area (Å²) in [7, 11) is 0. The summed E-state index contributed by atoms with van der Waals surface area (Å²) in [6.07, 6.45) is -1.19. The average molecular weight is 380 g/mol. The summed E-state index contributed by atoms with van der Waals surface area (Å²) in [4.78, 5) is 35.4. The predicted molar refractivity (Wildman–Crippen MR) is 89.3 cm³/mol. The minimum Gasteiger partial charge on any atom is -0.449 e. The highest BCUT2D eigenvalue weighted by molar-refractivity contribution is 5.96. The number of rotatable bonds is 6. The van der Waals surface area contributed by atoms with E-state index in [1.54, 1.807) is 18.2 Å². The quantitative estimate of drug-likeness (QED) is 0.595. The van der Waals surface area contributed by atoms with Crippen molar-refractivity contribution in [2.24, 2.45) is 0 Å². The first kappa shape index (κ1) is 20.0. The molecule has 0 spiro atoms. The van der Waals surface area contributed by atoms with Crippen molar-refractivity contribution in [3.05, 3.63) is 65.5 Å². The summed E-state index contributed by atoms with van der Waals surface area (Å²) >= 11 is 0. The summed E-state index contributed by atoms with van der Waals surface area (Å²) in [6.45, 7) is 0.716.